The average Bonchev–Trinajstić information content (AvgIpc) is 3.04. The van der Waals surface area contributed by atoms with E-state index in [1.165, 1.54) is 10.1 Å². The van der Waals surface area contributed by atoms with Crippen LogP contribution >= 0.6 is 12.4 Å². The molecule has 0 atom stereocenters. The van der Waals surface area contributed by atoms with Crippen molar-refractivity contribution in [1.82, 2.24) is 14.0 Å². The van der Waals surface area contributed by atoms with Crippen molar-refractivity contribution in [3.05, 3.63) is 58.3 Å². The van der Waals surface area contributed by atoms with Crippen LogP contribution < -0.4 is 5.76 Å². The number of hydrogen-bond donors (Lipinski definition) is 0. The zero-order chi connectivity index (χ0) is 16.1. The number of benzene rings is 1. The number of aryl methyl sites for hydroxylation is 3. The van der Waals surface area contributed by atoms with Crippen molar-refractivity contribution in [2.75, 3.05) is 0 Å². The number of halogens is 1. The van der Waals surface area contributed by atoms with Crippen molar-refractivity contribution in [1.29, 1.82) is 0 Å². The van der Waals surface area contributed by atoms with E-state index in [2.05, 4.69) is 36.6 Å². The largest absolute Gasteiger partial charge is 0.419 e. The first kappa shape index (κ1) is 16.3. The average molecular weight is 344 g/mol. The van der Waals surface area contributed by atoms with E-state index >= 15 is 0 Å². The first-order valence-corrected chi connectivity index (χ1v) is 7.66. The third-order valence-corrected chi connectivity index (χ3v) is 4.28. The molecule has 0 unspecified atom stereocenters. The molecule has 0 bridgehead atoms. The number of hydrogen-bond acceptors (Lipinski definition) is 3. The van der Waals surface area contributed by atoms with E-state index in [1.54, 1.807) is 7.05 Å². The zero-order valence-electron chi connectivity index (χ0n) is 13.7. The Morgan fingerprint density at radius 3 is 2.75 bits per heavy atom. The fraction of sp³-hybridized carbons (Fsp3) is 0.222. The van der Waals surface area contributed by atoms with Crippen LogP contribution in [0.3, 0.4) is 0 Å². The summed E-state index contributed by atoms with van der Waals surface area (Å²) in [4.78, 5) is 16.5. The number of oxazole rings is 1. The summed E-state index contributed by atoms with van der Waals surface area (Å²) in [7, 11) is 1.71. The van der Waals surface area contributed by atoms with Crippen molar-refractivity contribution >= 4 is 29.2 Å². The Hall–Kier alpha value is -2.53. The minimum absolute atomic E-state index is 0. The minimum Gasteiger partial charge on any atom is -0.408 e. The summed E-state index contributed by atoms with van der Waals surface area (Å²) in [6, 6.07) is 9.92. The second-order valence-corrected chi connectivity index (χ2v) is 5.80. The van der Waals surface area contributed by atoms with Gasteiger partial charge in [0.2, 0.25) is 0 Å². The number of rotatable bonds is 2. The molecule has 5 nitrogen and oxygen atoms in total. The van der Waals surface area contributed by atoms with Crippen LogP contribution in [0, 0.1) is 6.92 Å². The lowest BCUT2D eigenvalue weighted by molar-refractivity contribution is 0.528. The highest BCUT2D eigenvalue weighted by molar-refractivity contribution is 5.85. The predicted molar refractivity (Wildman–Crippen MR) is 97.0 cm³/mol. The van der Waals surface area contributed by atoms with Crippen molar-refractivity contribution in [3.8, 4) is 11.3 Å². The van der Waals surface area contributed by atoms with Crippen LogP contribution in [-0.2, 0) is 13.5 Å². The van der Waals surface area contributed by atoms with Gasteiger partial charge in [0.1, 0.15) is 5.65 Å². The van der Waals surface area contributed by atoms with Crippen LogP contribution in [0.4, 0.5) is 0 Å². The van der Waals surface area contributed by atoms with E-state index in [-0.39, 0.29) is 18.2 Å². The molecule has 24 heavy (non-hydrogen) atoms. The van der Waals surface area contributed by atoms with Crippen LogP contribution in [0.15, 0.2) is 45.7 Å². The maximum absolute atomic E-state index is 11.7. The summed E-state index contributed by atoms with van der Waals surface area (Å²) >= 11 is 0. The molecule has 0 spiro atoms. The Morgan fingerprint density at radius 1 is 1.21 bits per heavy atom. The molecule has 4 rings (SSSR count). The van der Waals surface area contributed by atoms with Crippen LogP contribution in [0.2, 0.25) is 0 Å². The number of fused-ring (bicyclic) bond motifs is 2. The van der Waals surface area contributed by atoms with E-state index in [1.807, 2.05) is 18.2 Å². The van der Waals surface area contributed by atoms with Gasteiger partial charge in [-0.2, -0.15) is 0 Å². The maximum Gasteiger partial charge on any atom is 0.419 e. The van der Waals surface area contributed by atoms with Crippen LogP contribution in [0.1, 0.15) is 18.2 Å². The topological polar surface area (TPSA) is 52.4 Å². The Balaban J connectivity index is 0.00000169. The number of pyridine rings is 1. The van der Waals surface area contributed by atoms with Gasteiger partial charge in [0.25, 0.3) is 0 Å². The monoisotopic (exact) mass is 343 g/mol. The smallest absolute Gasteiger partial charge is 0.408 e. The molecular weight excluding hydrogens is 326 g/mol. The predicted octanol–water partition coefficient (Wildman–Crippen LogP) is 3.74. The molecule has 3 aromatic heterocycles. The molecule has 0 aliphatic carbocycles. The van der Waals surface area contributed by atoms with Gasteiger partial charge < -0.3 is 8.82 Å². The van der Waals surface area contributed by atoms with Gasteiger partial charge >= 0.3 is 5.76 Å². The van der Waals surface area contributed by atoms with Crippen molar-refractivity contribution < 1.29 is 4.42 Å². The van der Waals surface area contributed by atoms with E-state index in [0.717, 1.165) is 34.5 Å². The number of imidazole rings is 1. The lowest BCUT2D eigenvalue weighted by atomic mass is 10.1. The van der Waals surface area contributed by atoms with Crippen LogP contribution in [0.5, 0.6) is 0 Å². The summed E-state index contributed by atoms with van der Waals surface area (Å²) < 4.78 is 8.85. The Morgan fingerprint density at radius 2 is 2.00 bits per heavy atom. The van der Waals surface area contributed by atoms with Gasteiger partial charge in [0.15, 0.2) is 5.58 Å². The Kier molecular flexibility index (Phi) is 3.97. The third-order valence-electron chi connectivity index (χ3n) is 4.28. The molecule has 0 amide bonds. The molecular formula is C18H18ClN3O2. The number of nitrogens with zero attached hydrogens (tertiary/aromatic N) is 3. The van der Waals surface area contributed by atoms with Gasteiger partial charge in [-0.15, -0.1) is 12.4 Å². The van der Waals surface area contributed by atoms with E-state index in [0.29, 0.717) is 5.58 Å². The molecule has 0 radical (unpaired) electrons. The lowest BCUT2D eigenvalue weighted by Gasteiger charge is -2.03. The summed E-state index contributed by atoms with van der Waals surface area (Å²) in [5, 5.41) is 0. The van der Waals surface area contributed by atoms with Crippen molar-refractivity contribution in [2.45, 2.75) is 20.3 Å². The lowest BCUT2D eigenvalue weighted by Crippen LogP contribution is -2.08. The molecule has 0 aliphatic rings. The standard InChI is InChI=1S/C18H17N3O2.ClH/c1-4-13-17(19-16-9-11(2)7-8-21(13)16)12-5-6-15-14(10-12)20(3)18(22)23-15;/h5-10H,4H2,1-3H3;1H. The van der Waals surface area contributed by atoms with Gasteiger partial charge in [-0.25, -0.2) is 9.78 Å². The highest BCUT2D eigenvalue weighted by Crippen LogP contribution is 2.28. The number of aromatic nitrogens is 3. The molecule has 0 saturated carbocycles. The second kappa shape index (κ2) is 5.83. The second-order valence-electron chi connectivity index (χ2n) is 5.80. The van der Waals surface area contributed by atoms with Gasteiger partial charge in [0, 0.05) is 18.8 Å². The first-order chi connectivity index (χ1) is 11.1. The van der Waals surface area contributed by atoms with Crippen molar-refractivity contribution in [3.63, 3.8) is 0 Å². The van der Waals surface area contributed by atoms with Gasteiger partial charge in [-0.3, -0.25) is 4.57 Å². The normalized spacial score (nSPS) is 11.1. The third kappa shape index (κ3) is 2.32. The van der Waals surface area contributed by atoms with Crippen LogP contribution in [-0.4, -0.2) is 14.0 Å². The van der Waals surface area contributed by atoms with E-state index in [9.17, 15) is 4.79 Å². The molecule has 0 N–H and O–H groups in total. The highest BCUT2D eigenvalue weighted by Gasteiger charge is 2.15. The quantitative estimate of drug-likeness (QED) is 0.557. The fourth-order valence-electron chi connectivity index (χ4n) is 3.04. The molecule has 124 valence electrons. The molecule has 0 aliphatic heterocycles. The highest BCUT2D eigenvalue weighted by atomic mass is 35.5. The molecule has 0 saturated heterocycles. The summed E-state index contributed by atoms with van der Waals surface area (Å²) in [5.74, 6) is -0.349. The fourth-order valence-corrected chi connectivity index (χ4v) is 3.04. The SMILES string of the molecule is CCc1c(-c2ccc3oc(=O)n(C)c3c2)nc2cc(C)ccn12.Cl. The van der Waals surface area contributed by atoms with E-state index in [4.69, 9.17) is 9.40 Å². The molecule has 6 heteroatoms. The Labute approximate surface area is 145 Å². The van der Waals surface area contributed by atoms with Gasteiger partial charge in [-0.05, 0) is 49.2 Å². The minimum atomic E-state index is -0.349. The Bertz CT molecular complexity index is 1100. The molecule has 4 aromatic rings. The summed E-state index contributed by atoms with van der Waals surface area (Å²) in [5.41, 5.74) is 6.61. The first-order valence-electron chi connectivity index (χ1n) is 7.66. The summed E-state index contributed by atoms with van der Waals surface area (Å²) in [6.45, 7) is 4.19. The van der Waals surface area contributed by atoms with E-state index < -0.39 is 0 Å². The molecule has 1 aromatic carbocycles. The maximum atomic E-state index is 11.7. The zero-order valence-corrected chi connectivity index (χ0v) is 14.6. The summed E-state index contributed by atoms with van der Waals surface area (Å²) in [6.07, 6.45) is 2.94. The van der Waals surface area contributed by atoms with Crippen molar-refractivity contribution in [2.24, 2.45) is 7.05 Å². The molecule has 0 fully saturated rings. The van der Waals surface area contributed by atoms with Gasteiger partial charge in [0.05, 0.1) is 16.9 Å². The molecule has 3 heterocycles. The van der Waals surface area contributed by atoms with Crippen LogP contribution in [0.25, 0.3) is 28.0 Å². The van der Waals surface area contributed by atoms with Gasteiger partial charge in [-0.1, -0.05) is 6.92 Å².